The Kier molecular flexibility index (Phi) is 8.43. The minimum atomic E-state index is -4.79. The first-order valence-corrected chi connectivity index (χ1v) is 10.5. The van der Waals surface area contributed by atoms with Crippen molar-refractivity contribution in [3.05, 3.63) is 64.2 Å². The summed E-state index contributed by atoms with van der Waals surface area (Å²) in [5.74, 6) is -1.14. The quantitative estimate of drug-likeness (QED) is 0.463. The van der Waals surface area contributed by atoms with Crippen LogP contribution in [0.15, 0.2) is 36.4 Å². The minimum Gasteiger partial charge on any atom is -0.406 e. The number of carbonyl (C=O) groups excluding carboxylic acids is 2. The Bertz CT molecular complexity index is 907. The fourth-order valence-corrected chi connectivity index (χ4v) is 3.95. The van der Waals surface area contributed by atoms with Crippen molar-refractivity contribution in [1.29, 1.82) is 0 Å². The molecule has 0 aliphatic rings. The van der Waals surface area contributed by atoms with Crippen molar-refractivity contribution in [2.24, 2.45) is 5.92 Å². The molecule has 0 heterocycles. The third-order valence-corrected chi connectivity index (χ3v) is 5.30. The van der Waals surface area contributed by atoms with Crippen LogP contribution < -0.4 is 4.74 Å². The predicted molar refractivity (Wildman–Crippen MR) is 114 cm³/mol. The number of hydrogen-bond acceptors (Lipinski definition) is 3. The fourth-order valence-electron chi connectivity index (χ4n) is 3.95. The summed E-state index contributed by atoms with van der Waals surface area (Å²) in [6.45, 7) is 7.53. The van der Waals surface area contributed by atoms with Gasteiger partial charge in [-0.1, -0.05) is 43.7 Å². The molecule has 1 atom stereocenters. The number of hydrogen-bond donors (Lipinski definition) is 0. The maximum atomic E-state index is 13.2. The van der Waals surface area contributed by atoms with Crippen molar-refractivity contribution in [3.8, 4) is 5.75 Å². The van der Waals surface area contributed by atoms with Gasteiger partial charge >= 0.3 is 6.36 Å². The number of rotatable bonds is 10. The van der Waals surface area contributed by atoms with Crippen LogP contribution in [0, 0.1) is 12.8 Å². The Hall–Kier alpha value is -2.63. The van der Waals surface area contributed by atoms with Gasteiger partial charge in [-0.05, 0) is 67.5 Å². The molecule has 2 aromatic rings. The highest BCUT2D eigenvalue weighted by molar-refractivity contribution is 5.89. The van der Waals surface area contributed by atoms with E-state index in [1.807, 2.05) is 20.8 Å². The number of benzene rings is 2. The van der Waals surface area contributed by atoms with E-state index in [0.29, 0.717) is 5.56 Å². The molecular weight excluding hydrogens is 405 g/mol. The van der Waals surface area contributed by atoms with E-state index in [-0.39, 0.29) is 36.6 Å². The lowest BCUT2D eigenvalue weighted by Gasteiger charge is -2.19. The Morgan fingerprint density at radius 3 is 2.16 bits per heavy atom. The SMILES string of the molecule is CCc1cc(C)cc(CC)c1CC(=O)C(CC(C)=O)Cc1cccc(OC(F)(F)F)c1. The number of alkyl halides is 3. The van der Waals surface area contributed by atoms with Gasteiger partial charge in [0.05, 0.1) is 0 Å². The Balaban J connectivity index is 2.29. The smallest absolute Gasteiger partial charge is 0.406 e. The van der Waals surface area contributed by atoms with E-state index >= 15 is 0 Å². The molecule has 0 saturated carbocycles. The molecule has 0 radical (unpaired) electrons. The van der Waals surface area contributed by atoms with Gasteiger partial charge in [-0.15, -0.1) is 13.2 Å². The van der Waals surface area contributed by atoms with Crippen LogP contribution in [0.2, 0.25) is 0 Å². The summed E-state index contributed by atoms with van der Waals surface area (Å²) in [5, 5.41) is 0. The van der Waals surface area contributed by atoms with Gasteiger partial charge in [0.1, 0.15) is 17.3 Å². The molecular formula is C25H29F3O3. The summed E-state index contributed by atoms with van der Waals surface area (Å²) < 4.78 is 41.6. The van der Waals surface area contributed by atoms with E-state index in [1.165, 1.54) is 25.1 Å². The van der Waals surface area contributed by atoms with E-state index in [0.717, 1.165) is 35.1 Å². The van der Waals surface area contributed by atoms with Crippen molar-refractivity contribution in [2.45, 2.75) is 66.2 Å². The van der Waals surface area contributed by atoms with Gasteiger partial charge in [-0.3, -0.25) is 4.79 Å². The zero-order chi connectivity index (χ0) is 23.2. The molecule has 6 heteroatoms. The van der Waals surface area contributed by atoms with Gasteiger partial charge in [-0.25, -0.2) is 0 Å². The second kappa shape index (κ2) is 10.6. The van der Waals surface area contributed by atoms with Crippen LogP contribution >= 0.6 is 0 Å². The first kappa shape index (κ1) is 24.6. The molecule has 2 rings (SSSR count). The van der Waals surface area contributed by atoms with Crippen LogP contribution in [0.3, 0.4) is 0 Å². The largest absolute Gasteiger partial charge is 0.573 e. The van der Waals surface area contributed by atoms with Gasteiger partial charge in [-0.2, -0.15) is 0 Å². The van der Waals surface area contributed by atoms with Gasteiger partial charge in [0.15, 0.2) is 0 Å². The fraction of sp³-hybridized carbons (Fsp3) is 0.440. The number of Topliss-reactive ketones (excluding diaryl/α,β-unsaturated/α-hetero) is 2. The number of aryl methyl sites for hydroxylation is 3. The van der Waals surface area contributed by atoms with Crippen LogP contribution in [-0.2, 0) is 35.3 Å². The van der Waals surface area contributed by atoms with E-state index in [2.05, 4.69) is 16.9 Å². The molecule has 0 bridgehead atoms. The topological polar surface area (TPSA) is 43.4 Å². The third kappa shape index (κ3) is 7.53. The van der Waals surface area contributed by atoms with Crippen LogP contribution in [0.4, 0.5) is 13.2 Å². The number of carbonyl (C=O) groups is 2. The second-order valence-corrected chi connectivity index (χ2v) is 7.91. The molecule has 31 heavy (non-hydrogen) atoms. The molecule has 168 valence electrons. The van der Waals surface area contributed by atoms with Crippen molar-refractivity contribution in [2.75, 3.05) is 0 Å². The summed E-state index contributed by atoms with van der Waals surface area (Å²) in [6.07, 6.45) is -2.74. The first-order chi connectivity index (χ1) is 14.5. The average Bonchev–Trinajstić information content (AvgIpc) is 2.66. The lowest BCUT2D eigenvalue weighted by molar-refractivity contribution is -0.274. The summed E-state index contributed by atoms with van der Waals surface area (Å²) in [4.78, 5) is 25.0. The van der Waals surface area contributed by atoms with E-state index in [4.69, 9.17) is 0 Å². The van der Waals surface area contributed by atoms with Gasteiger partial charge in [0.25, 0.3) is 0 Å². The zero-order valence-electron chi connectivity index (χ0n) is 18.4. The standard InChI is InChI=1S/C25H29F3O3/c1-5-19-10-16(3)11-20(6-2)23(19)15-24(30)21(12-17(4)29)13-18-8-7-9-22(14-18)31-25(26,27)28/h7-11,14,21H,5-6,12-13,15H2,1-4H3. The first-order valence-electron chi connectivity index (χ1n) is 10.5. The van der Waals surface area contributed by atoms with Crippen LogP contribution in [-0.4, -0.2) is 17.9 Å². The molecule has 0 amide bonds. The maximum Gasteiger partial charge on any atom is 0.573 e. The molecule has 0 aromatic heterocycles. The lowest BCUT2D eigenvalue weighted by atomic mass is 9.84. The van der Waals surface area contributed by atoms with Crippen molar-refractivity contribution in [1.82, 2.24) is 0 Å². The zero-order valence-corrected chi connectivity index (χ0v) is 18.4. The highest BCUT2D eigenvalue weighted by Crippen LogP contribution is 2.27. The molecule has 0 saturated heterocycles. The maximum absolute atomic E-state index is 13.2. The highest BCUT2D eigenvalue weighted by atomic mass is 19.4. The third-order valence-electron chi connectivity index (χ3n) is 5.30. The van der Waals surface area contributed by atoms with Crippen molar-refractivity contribution in [3.63, 3.8) is 0 Å². The van der Waals surface area contributed by atoms with E-state index in [1.54, 1.807) is 6.07 Å². The summed E-state index contributed by atoms with van der Waals surface area (Å²) in [6, 6.07) is 9.75. The van der Waals surface area contributed by atoms with Crippen molar-refractivity contribution < 1.29 is 27.5 Å². The van der Waals surface area contributed by atoms with E-state index < -0.39 is 12.3 Å². The van der Waals surface area contributed by atoms with Gasteiger partial charge in [0.2, 0.25) is 0 Å². The Morgan fingerprint density at radius 1 is 1.03 bits per heavy atom. The van der Waals surface area contributed by atoms with E-state index in [9.17, 15) is 22.8 Å². The van der Waals surface area contributed by atoms with Gasteiger partial charge in [0, 0.05) is 18.8 Å². The Labute approximate surface area is 181 Å². The van der Waals surface area contributed by atoms with Crippen molar-refractivity contribution >= 4 is 11.6 Å². The molecule has 0 aliphatic carbocycles. The molecule has 0 fully saturated rings. The molecule has 1 unspecified atom stereocenters. The van der Waals surface area contributed by atoms with Crippen LogP contribution in [0.5, 0.6) is 5.75 Å². The molecule has 2 aromatic carbocycles. The summed E-state index contributed by atoms with van der Waals surface area (Å²) >= 11 is 0. The summed E-state index contributed by atoms with van der Waals surface area (Å²) in [7, 11) is 0. The molecule has 0 spiro atoms. The highest BCUT2D eigenvalue weighted by Gasteiger charge is 2.31. The van der Waals surface area contributed by atoms with Crippen LogP contribution in [0.1, 0.15) is 55.0 Å². The second-order valence-electron chi connectivity index (χ2n) is 7.91. The molecule has 0 aliphatic heterocycles. The van der Waals surface area contributed by atoms with Gasteiger partial charge < -0.3 is 9.53 Å². The Morgan fingerprint density at radius 2 is 1.65 bits per heavy atom. The predicted octanol–water partition coefficient (Wildman–Crippen LogP) is 5.97. The lowest BCUT2D eigenvalue weighted by Crippen LogP contribution is -2.23. The number of ether oxygens (including phenoxy) is 1. The monoisotopic (exact) mass is 434 g/mol. The summed E-state index contributed by atoms with van der Waals surface area (Å²) in [5.41, 5.74) is 4.91. The number of halogens is 3. The normalized spacial score (nSPS) is 12.5. The molecule has 3 nitrogen and oxygen atoms in total. The number of ketones is 2. The van der Waals surface area contributed by atoms with Crippen LogP contribution in [0.25, 0.3) is 0 Å². The molecule has 0 N–H and O–H groups in total. The average molecular weight is 434 g/mol. The minimum absolute atomic E-state index is 0.0535.